The standard InChI is InChI=1S/C24H29F2N3O4S/c1-6-31-18-11-15(12-19(32-7-2)22(18)33-8-3)23(30)29(10-9-28(4)5)24-27-21-17(26)13-16(25)14-20(21)34-24/h11-14H,6-10H2,1-5H3. The molecule has 34 heavy (non-hydrogen) atoms. The summed E-state index contributed by atoms with van der Waals surface area (Å²) in [6.07, 6.45) is 0. The third kappa shape index (κ3) is 5.74. The molecular formula is C24H29F2N3O4S. The highest BCUT2D eigenvalue weighted by atomic mass is 32.1. The van der Waals surface area contributed by atoms with Crippen LogP contribution in [0.5, 0.6) is 17.2 Å². The molecule has 0 fully saturated rings. The first kappa shape index (κ1) is 25.6. The van der Waals surface area contributed by atoms with Gasteiger partial charge in [-0.2, -0.15) is 0 Å². The van der Waals surface area contributed by atoms with Gasteiger partial charge in [0.25, 0.3) is 5.91 Å². The summed E-state index contributed by atoms with van der Waals surface area (Å²) < 4.78 is 45.6. The van der Waals surface area contributed by atoms with Crippen LogP contribution in [-0.2, 0) is 0 Å². The quantitative estimate of drug-likeness (QED) is 0.376. The lowest BCUT2D eigenvalue weighted by Gasteiger charge is -2.23. The zero-order chi connectivity index (χ0) is 24.8. The Balaban J connectivity index is 2.10. The first-order valence-electron chi connectivity index (χ1n) is 11.1. The predicted octanol–water partition coefficient (Wildman–Crippen LogP) is 4.98. The molecule has 0 saturated heterocycles. The number of anilines is 1. The average Bonchev–Trinajstić information content (AvgIpc) is 3.20. The van der Waals surface area contributed by atoms with Crippen LogP contribution in [0.1, 0.15) is 31.1 Å². The highest BCUT2D eigenvalue weighted by Gasteiger charge is 2.26. The topological polar surface area (TPSA) is 64.1 Å². The van der Waals surface area contributed by atoms with Crippen molar-refractivity contribution in [2.24, 2.45) is 0 Å². The second-order valence-corrected chi connectivity index (χ2v) is 8.60. The van der Waals surface area contributed by atoms with Crippen molar-refractivity contribution in [2.75, 3.05) is 51.9 Å². The van der Waals surface area contributed by atoms with Crippen LogP contribution in [-0.4, -0.2) is 62.8 Å². The monoisotopic (exact) mass is 493 g/mol. The Morgan fingerprint density at radius 2 is 1.56 bits per heavy atom. The van der Waals surface area contributed by atoms with Gasteiger partial charge in [-0.15, -0.1) is 0 Å². The summed E-state index contributed by atoms with van der Waals surface area (Å²) in [5.74, 6) is -0.615. The molecule has 2 aromatic carbocycles. The van der Waals surface area contributed by atoms with E-state index in [0.717, 1.165) is 17.4 Å². The van der Waals surface area contributed by atoms with Crippen LogP contribution in [0.4, 0.5) is 13.9 Å². The fourth-order valence-electron chi connectivity index (χ4n) is 3.31. The minimum atomic E-state index is -0.768. The van der Waals surface area contributed by atoms with Crippen LogP contribution in [0, 0.1) is 11.6 Å². The maximum atomic E-state index is 14.3. The number of aromatic nitrogens is 1. The number of thiazole rings is 1. The SMILES string of the molecule is CCOc1cc(C(=O)N(CCN(C)C)c2nc3c(F)cc(F)cc3s2)cc(OCC)c1OCC. The van der Waals surface area contributed by atoms with Crippen molar-refractivity contribution in [3.63, 3.8) is 0 Å². The van der Waals surface area contributed by atoms with Gasteiger partial charge < -0.3 is 19.1 Å². The van der Waals surface area contributed by atoms with Crippen molar-refractivity contribution in [2.45, 2.75) is 20.8 Å². The van der Waals surface area contributed by atoms with Gasteiger partial charge in [0.2, 0.25) is 5.75 Å². The van der Waals surface area contributed by atoms with E-state index < -0.39 is 11.6 Å². The molecule has 0 saturated carbocycles. The molecule has 0 unspecified atom stereocenters. The number of ether oxygens (including phenoxy) is 3. The molecule has 0 radical (unpaired) electrons. The van der Waals surface area contributed by atoms with E-state index in [2.05, 4.69) is 4.98 Å². The summed E-state index contributed by atoms with van der Waals surface area (Å²) in [7, 11) is 3.76. The number of amides is 1. The number of carbonyl (C=O) groups excluding carboxylic acids is 1. The van der Waals surface area contributed by atoms with Crippen molar-refractivity contribution in [3.8, 4) is 17.2 Å². The summed E-state index contributed by atoms with van der Waals surface area (Å²) in [6.45, 7) is 7.49. The lowest BCUT2D eigenvalue weighted by molar-refractivity contribution is 0.0984. The molecule has 184 valence electrons. The van der Waals surface area contributed by atoms with Crippen LogP contribution in [0.25, 0.3) is 10.2 Å². The fraction of sp³-hybridized carbons (Fsp3) is 0.417. The summed E-state index contributed by atoms with van der Waals surface area (Å²) in [5.41, 5.74) is 0.334. The number of hydrogen-bond acceptors (Lipinski definition) is 7. The Hall–Kier alpha value is -2.98. The van der Waals surface area contributed by atoms with Crippen LogP contribution in [0.15, 0.2) is 24.3 Å². The van der Waals surface area contributed by atoms with E-state index in [9.17, 15) is 13.6 Å². The summed E-state index contributed by atoms with van der Waals surface area (Å²) in [5, 5.41) is 0.274. The third-order valence-electron chi connectivity index (χ3n) is 4.80. The highest BCUT2D eigenvalue weighted by Crippen LogP contribution is 2.40. The molecule has 0 bridgehead atoms. The molecule has 0 aliphatic heterocycles. The molecule has 1 amide bonds. The second-order valence-electron chi connectivity index (χ2n) is 7.59. The van der Waals surface area contributed by atoms with Gasteiger partial charge >= 0.3 is 0 Å². The van der Waals surface area contributed by atoms with Gasteiger partial charge in [-0.05, 0) is 53.1 Å². The van der Waals surface area contributed by atoms with Crippen LogP contribution < -0.4 is 19.1 Å². The van der Waals surface area contributed by atoms with Crippen molar-refractivity contribution in [1.82, 2.24) is 9.88 Å². The molecule has 1 aromatic heterocycles. The van der Waals surface area contributed by atoms with E-state index in [4.69, 9.17) is 14.2 Å². The van der Waals surface area contributed by atoms with Crippen molar-refractivity contribution < 1.29 is 27.8 Å². The molecule has 3 aromatic rings. The molecule has 0 spiro atoms. The Kier molecular flexibility index (Phi) is 8.62. The van der Waals surface area contributed by atoms with E-state index in [0.29, 0.717) is 53.9 Å². The van der Waals surface area contributed by atoms with Gasteiger partial charge in [-0.3, -0.25) is 9.69 Å². The van der Waals surface area contributed by atoms with Crippen molar-refractivity contribution >= 4 is 32.6 Å². The smallest absolute Gasteiger partial charge is 0.260 e. The van der Waals surface area contributed by atoms with Gasteiger partial charge in [0, 0.05) is 24.7 Å². The number of carbonyl (C=O) groups is 1. The zero-order valence-corrected chi connectivity index (χ0v) is 20.8. The first-order chi connectivity index (χ1) is 16.3. The van der Waals surface area contributed by atoms with Crippen LogP contribution in [0.3, 0.4) is 0 Å². The number of halogens is 2. The van der Waals surface area contributed by atoms with Crippen molar-refractivity contribution in [3.05, 3.63) is 41.5 Å². The Bertz CT molecular complexity index is 1130. The lowest BCUT2D eigenvalue weighted by Crippen LogP contribution is -2.36. The summed E-state index contributed by atoms with van der Waals surface area (Å²) >= 11 is 1.06. The summed E-state index contributed by atoms with van der Waals surface area (Å²) in [6, 6.07) is 5.21. The number of hydrogen-bond donors (Lipinski definition) is 0. The van der Waals surface area contributed by atoms with Gasteiger partial charge in [-0.1, -0.05) is 11.3 Å². The van der Waals surface area contributed by atoms with E-state index in [1.54, 1.807) is 12.1 Å². The zero-order valence-electron chi connectivity index (χ0n) is 20.0. The largest absolute Gasteiger partial charge is 0.490 e. The minimum Gasteiger partial charge on any atom is -0.490 e. The highest BCUT2D eigenvalue weighted by molar-refractivity contribution is 7.22. The normalized spacial score (nSPS) is 11.2. The van der Waals surface area contributed by atoms with Gasteiger partial charge in [0.05, 0.1) is 24.5 Å². The van der Waals surface area contributed by atoms with Crippen LogP contribution in [0.2, 0.25) is 0 Å². The number of nitrogens with zero attached hydrogens (tertiary/aromatic N) is 3. The van der Waals surface area contributed by atoms with Crippen molar-refractivity contribution in [1.29, 1.82) is 0 Å². The Labute approximate surface area is 201 Å². The number of benzene rings is 2. The first-order valence-corrected chi connectivity index (χ1v) is 11.9. The molecule has 0 N–H and O–H groups in total. The lowest BCUT2D eigenvalue weighted by atomic mass is 10.1. The Morgan fingerprint density at radius 3 is 2.12 bits per heavy atom. The van der Waals surface area contributed by atoms with Gasteiger partial charge in [0.1, 0.15) is 11.3 Å². The van der Waals surface area contributed by atoms with E-state index >= 15 is 0 Å². The third-order valence-corrected chi connectivity index (χ3v) is 5.83. The predicted molar refractivity (Wildman–Crippen MR) is 130 cm³/mol. The van der Waals surface area contributed by atoms with Gasteiger partial charge in [-0.25, -0.2) is 13.8 Å². The van der Waals surface area contributed by atoms with Crippen LogP contribution >= 0.6 is 11.3 Å². The average molecular weight is 494 g/mol. The summed E-state index contributed by atoms with van der Waals surface area (Å²) in [4.78, 5) is 21.4. The molecule has 0 aliphatic carbocycles. The van der Waals surface area contributed by atoms with E-state index in [1.165, 1.54) is 11.0 Å². The molecule has 0 aliphatic rings. The Morgan fingerprint density at radius 1 is 0.941 bits per heavy atom. The van der Waals surface area contributed by atoms with E-state index in [1.807, 2.05) is 39.8 Å². The molecule has 10 heteroatoms. The second kappa shape index (κ2) is 11.4. The number of fused-ring (bicyclic) bond motifs is 1. The molecule has 1 heterocycles. The molecular weight excluding hydrogens is 464 g/mol. The van der Waals surface area contributed by atoms with E-state index in [-0.39, 0.29) is 23.1 Å². The number of rotatable bonds is 11. The maximum Gasteiger partial charge on any atom is 0.260 e. The maximum absolute atomic E-state index is 14.3. The number of likely N-dealkylation sites (N-methyl/N-ethyl adjacent to an activating group) is 1. The molecule has 3 rings (SSSR count). The molecule has 7 nitrogen and oxygen atoms in total. The minimum absolute atomic E-state index is 0.0285. The molecule has 0 atom stereocenters. The fourth-order valence-corrected chi connectivity index (χ4v) is 4.34. The van der Waals surface area contributed by atoms with Gasteiger partial charge in [0.15, 0.2) is 22.4 Å².